The number of nitrogens with zero attached hydrogens (tertiary/aromatic N) is 1. The smallest absolute Gasteiger partial charge is 0.250 e. The quantitative estimate of drug-likeness (QED) is 0.914. The number of hydrogen-bond donors (Lipinski definition) is 1. The van der Waals surface area contributed by atoms with Crippen LogP contribution in [-0.4, -0.2) is 29.8 Å². The van der Waals surface area contributed by atoms with Gasteiger partial charge >= 0.3 is 0 Å². The van der Waals surface area contributed by atoms with E-state index in [4.69, 9.17) is 0 Å². The molecule has 20 heavy (non-hydrogen) atoms. The summed E-state index contributed by atoms with van der Waals surface area (Å²) >= 11 is 0. The van der Waals surface area contributed by atoms with Crippen LogP contribution in [-0.2, 0) is 9.59 Å². The Balaban J connectivity index is 2.20. The van der Waals surface area contributed by atoms with Crippen LogP contribution in [0.25, 0.3) is 0 Å². The van der Waals surface area contributed by atoms with E-state index in [2.05, 4.69) is 26.1 Å². The number of rotatable bonds is 4. The Bertz CT molecular complexity index is 496. The Labute approximate surface area is 120 Å². The lowest BCUT2D eigenvalue weighted by atomic mass is 9.89. The summed E-state index contributed by atoms with van der Waals surface area (Å²) in [5.41, 5.74) is 0.860. The summed E-state index contributed by atoms with van der Waals surface area (Å²) in [6.45, 7) is 7.10. The molecule has 0 bridgehead atoms. The summed E-state index contributed by atoms with van der Waals surface area (Å²) in [7, 11) is 0. The zero-order valence-corrected chi connectivity index (χ0v) is 12.3. The summed E-state index contributed by atoms with van der Waals surface area (Å²) in [5, 5.41) is 2.79. The van der Waals surface area contributed by atoms with Gasteiger partial charge in [0.15, 0.2) is 0 Å². The normalized spacial score (nSPS) is 19.9. The van der Waals surface area contributed by atoms with E-state index in [0.717, 1.165) is 12.0 Å². The SMILES string of the molecule is CCC(C)(C)CN1CC(=O)NC(c2ccccc2)C1=O. The van der Waals surface area contributed by atoms with Crippen molar-refractivity contribution in [3.63, 3.8) is 0 Å². The molecule has 1 aromatic rings. The number of carbonyl (C=O) groups excluding carboxylic acids is 2. The monoisotopic (exact) mass is 274 g/mol. The predicted molar refractivity (Wildman–Crippen MR) is 78.0 cm³/mol. The Morgan fingerprint density at radius 3 is 2.50 bits per heavy atom. The van der Waals surface area contributed by atoms with Gasteiger partial charge in [-0.15, -0.1) is 0 Å². The van der Waals surface area contributed by atoms with E-state index in [-0.39, 0.29) is 23.8 Å². The van der Waals surface area contributed by atoms with E-state index in [1.807, 2.05) is 30.3 Å². The number of carbonyl (C=O) groups is 2. The molecule has 108 valence electrons. The van der Waals surface area contributed by atoms with Crippen LogP contribution in [0.2, 0.25) is 0 Å². The van der Waals surface area contributed by atoms with Crippen molar-refractivity contribution < 1.29 is 9.59 Å². The fourth-order valence-corrected chi connectivity index (χ4v) is 2.34. The minimum absolute atomic E-state index is 0.0164. The summed E-state index contributed by atoms with van der Waals surface area (Å²) in [6.07, 6.45) is 0.967. The van der Waals surface area contributed by atoms with E-state index in [1.165, 1.54) is 0 Å². The Kier molecular flexibility index (Phi) is 4.12. The lowest BCUT2D eigenvalue weighted by Crippen LogP contribution is -2.55. The van der Waals surface area contributed by atoms with Crippen LogP contribution in [0.1, 0.15) is 38.8 Å². The fraction of sp³-hybridized carbons (Fsp3) is 0.500. The molecule has 0 aromatic heterocycles. The first-order valence-corrected chi connectivity index (χ1v) is 7.06. The molecule has 0 saturated carbocycles. The topological polar surface area (TPSA) is 49.4 Å². The maximum absolute atomic E-state index is 12.6. The van der Waals surface area contributed by atoms with Crippen molar-refractivity contribution >= 4 is 11.8 Å². The molecule has 0 radical (unpaired) electrons. The number of piperazine rings is 1. The highest BCUT2D eigenvalue weighted by Gasteiger charge is 2.35. The van der Waals surface area contributed by atoms with Gasteiger partial charge in [0.25, 0.3) is 0 Å². The third kappa shape index (κ3) is 3.18. The van der Waals surface area contributed by atoms with Crippen LogP contribution < -0.4 is 5.32 Å². The first-order chi connectivity index (χ1) is 9.43. The highest BCUT2D eigenvalue weighted by molar-refractivity contribution is 5.95. The van der Waals surface area contributed by atoms with Crippen LogP contribution in [0.15, 0.2) is 30.3 Å². The molecule has 1 unspecified atom stereocenters. The molecule has 1 atom stereocenters. The average molecular weight is 274 g/mol. The minimum atomic E-state index is -0.551. The molecule has 2 rings (SSSR count). The second-order valence-corrected chi connectivity index (χ2v) is 6.12. The van der Waals surface area contributed by atoms with E-state index < -0.39 is 6.04 Å². The molecular formula is C16H22N2O2. The maximum atomic E-state index is 12.6. The molecule has 1 heterocycles. The lowest BCUT2D eigenvalue weighted by Gasteiger charge is -2.37. The standard InChI is InChI=1S/C16H22N2O2/c1-4-16(2,3)11-18-10-13(19)17-14(15(18)20)12-8-6-5-7-9-12/h5-9,14H,4,10-11H2,1-3H3,(H,17,19). The van der Waals surface area contributed by atoms with E-state index in [0.29, 0.717) is 6.54 Å². The van der Waals surface area contributed by atoms with Crippen LogP contribution >= 0.6 is 0 Å². The molecule has 1 aliphatic rings. The van der Waals surface area contributed by atoms with E-state index in [9.17, 15) is 9.59 Å². The number of benzene rings is 1. The van der Waals surface area contributed by atoms with Gasteiger partial charge in [0.05, 0.1) is 6.54 Å². The molecule has 0 spiro atoms. The van der Waals surface area contributed by atoms with Crippen molar-refractivity contribution in [1.82, 2.24) is 10.2 Å². The summed E-state index contributed by atoms with van der Waals surface area (Å²) in [4.78, 5) is 26.1. The summed E-state index contributed by atoms with van der Waals surface area (Å²) in [6, 6.07) is 8.85. The van der Waals surface area contributed by atoms with Crippen molar-refractivity contribution in [2.75, 3.05) is 13.1 Å². The third-order valence-electron chi connectivity index (χ3n) is 3.91. The van der Waals surface area contributed by atoms with Crippen LogP contribution in [0, 0.1) is 5.41 Å². The third-order valence-corrected chi connectivity index (χ3v) is 3.91. The van der Waals surface area contributed by atoms with Gasteiger partial charge < -0.3 is 10.2 Å². The van der Waals surface area contributed by atoms with Crippen molar-refractivity contribution in [2.24, 2.45) is 5.41 Å². The van der Waals surface area contributed by atoms with Gasteiger partial charge in [0, 0.05) is 6.54 Å². The molecule has 1 saturated heterocycles. The van der Waals surface area contributed by atoms with Gasteiger partial charge in [-0.25, -0.2) is 0 Å². The largest absolute Gasteiger partial charge is 0.339 e. The Hall–Kier alpha value is -1.84. The second-order valence-electron chi connectivity index (χ2n) is 6.12. The minimum Gasteiger partial charge on any atom is -0.339 e. The summed E-state index contributed by atoms with van der Waals surface area (Å²) < 4.78 is 0. The first-order valence-electron chi connectivity index (χ1n) is 7.06. The first kappa shape index (κ1) is 14.6. The van der Waals surface area contributed by atoms with Crippen molar-refractivity contribution in [1.29, 1.82) is 0 Å². The van der Waals surface area contributed by atoms with Gasteiger partial charge in [0.1, 0.15) is 6.04 Å². The lowest BCUT2D eigenvalue weighted by molar-refractivity contribution is -0.145. The van der Waals surface area contributed by atoms with Crippen molar-refractivity contribution in [3.8, 4) is 0 Å². The van der Waals surface area contributed by atoms with Crippen molar-refractivity contribution in [2.45, 2.75) is 33.2 Å². The predicted octanol–water partition coefficient (Wildman–Crippen LogP) is 2.12. The molecule has 0 aliphatic carbocycles. The highest BCUT2D eigenvalue weighted by Crippen LogP contribution is 2.25. The van der Waals surface area contributed by atoms with Gasteiger partial charge in [-0.3, -0.25) is 9.59 Å². The van der Waals surface area contributed by atoms with Gasteiger partial charge in [-0.05, 0) is 17.4 Å². The molecule has 4 heteroatoms. The Morgan fingerprint density at radius 1 is 1.25 bits per heavy atom. The number of amides is 2. The number of nitrogens with one attached hydrogen (secondary N) is 1. The van der Waals surface area contributed by atoms with Gasteiger partial charge in [-0.1, -0.05) is 51.1 Å². The summed E-state index contributed by atoms with van der Waals surface area (Å²) in [5.74, 6) is -0.109. The van der Waals surface area contributed by atoms with E-state index >= 15 is 0 Å². The van der Waals surface area contributed by atoms with Crippen molar-refractivity contribution in [3.05, 3.63) is 35.9 Å². The van der Waals surface area contributed by atoms with Crippen LogP contribution in [0.5, 0.6) is 0 Å². The molecule has 1 fully saturated rings. The van der Waals surface area contributed by atoms with Crippen LogP contribution in [0.4, 0.5) is 0 Å². The van der Waals surface area contributed by atoms with Gasteiger partial charge in [-0.2, -0.15) is 0 Å². The molecule has 1 N–H and O–H groups in total. The Morgan fingerprint density at radius 2 is 1.90 bits per heavy atom. The van der Waals surface area contributed by atoms with E-state index in [1.54, 1.807) is 4.90 Å². The molecule has 2 amide bonds. The van der Waals surface area contributed by atoms with Gasteiger partial charge in [0.2, 0.25) is 11.8 Å². The molecular weight excluding hydrogens is 252 g/mol. The van der Waals surface area contributed by atoms with Crippen LogP contribution in [0.3, 0.4) is 0 Å². The zero-order chi connectivity index (χ0) is 14.8. The average Bonchev–Trinajstić information content (AvgIpc) is 2.43. The second kappa shape index (κ2) is 5.65. The molecule has 1 aromatic carbocycles. The maximum Gasteiger partial charge on any atom is 0.250 e. The zero-order valence-electron chi connectivity index (χ0n) is 12.3. The fourth-order valence-electron chi connectivity index (χ4n) is 2.34. The number of hydrogen-bond acceptors (Lipinski definition) is 2. The molecule has 4 nitrogen and oxygen atoms in total. The molecule has 1 aliphatic heterocycles. The highest BCUT2D eigenvalue weighted by atomic mass is 16.2.